The highest BCUT2D eigenvalue weighted by Gasteiger charge is 2.33. The molecule has 25 heavy (non-hydrogen) atoms. The van der Waals surface area contributed by atoms with Crippen LogP contribution in [0.4, 0.5) is 5.69 Å². The largest absolute Gasteiger partial charge is 0.495 e. The van der Waals surface area contributed by atoms with E-state index in [1.165, 1.54) is 36.4 Å². The van der Waals surface area contributed by atoms with Crippen molar-refractivity contribution in [1.82, 2.24) is 9.62 Å². The molecule has 1 saturated carbocycles. The zero-order valence-corrected chi connectivity index (χ0v) is 15.0. The first-order valence-electron chi connectivity index (χ1n) is 8.48. The van der Waals surface area contributed by atoms with Crippen LogP contribution in [0.2, 0.25) is 0 Å². The standard InChI is InChI=1S/C16H23N3O5S/c1-24-15-5-4-14(19(20)21)10-16(15)25(22,23)18-8-6-13(7-9-18)17-11-12-2-3-12/h4-5,10,12-13,17H,2-3,6-9,11H2,1H3. The Balaban J connectivity index is 1.73. The summed E-state index contributed by atoms with van der Waals surface area (Å²) in [4.78, 5) is 10.2. The van der Waals surface area contributed by atoms with E-state index in [-0.39, 0.29) is 16.3 Å². The Morgan fingerprint density at radius 3 is 2.52 bits per heavy atom. The second-order valence-corrected chi connectivity index (χ2v) is 8.53. The highest BCUT2D eigenvalue weighted by Crippen LogP contribution is 2.32. The Hall–Kier alpha value is -1.71. The van der Waals surface area contributed by atoms with Gasteiger partial charge in [0.1, 0.15) is 10.6 Å². The predicted molar refractivity (Wildman–Crippen MR) is 92.2 cm³/mol. The van der Waals surface area contributed by atoms with E-state index < -0.39 is 14.9 Å². The monoisotopic (exact) mass is 369 g/mol. The highest BCUT2D eigenvalue weighted by molar-refractivity contribution is 7.89. The molecule has 1 saturated heterocycles. The van der Waals surface area contributed by atoms with Crippen LogP contribution in [0.1, 0.15) is 25.7 Å². The number of piperidine rings is 1. The molecule has 0 amide bonds. The maximum atomic E-state index is 12.9. The summed E-state index contributed by atoms with van der Waals surface area (Å²) < 4.78 is 32.4. The van der Waals surface area contributed by atoms with E-state index in [2.05, 4.69) is 5.32 Å². The lowest BCUT2D eigenvalue weighted by Gasteiger charge is -2.32. The SMILES string of the molecule is COc1ccc([N+](=O)[O-])cc1S(=O)(=O)N1CCC(NCC2CC2)CC1. The smallest absolute Gasteiger partial charge is 0.271 e. The van der Waals surface area contributed by atoms with Crippen molar-refractivity contribution < 1.29 is 18.1 Å². The minimum Gasteiger partial charge on any atom is -0.495 e. The number of nitrogens with one attached hydrogen (secondary N) is 1. The number of benzene rings is 1. The van der Waals surface area contributed by atoms with Crippen molar-refractivity contribution in [3.8, 4) is 5.75 Å². The molecule has 8 nitrogen and oxygen atoms in total. The molecule has 1 heterocycles. The van der Waals surface area contributed by atoms with Crippen LogP contribution >= 0.6 is 0 Å². The van der Waals surface area contributed by atoms with Crippen molar-refractivity contribution in [3.05, 3.63) is 28.3 Å². The van der Waals surface area contributed by atoms with Gasteiger partial charge in [0.2, 0.25) is 10.0 Å². The number of nitrogens with zero attached hydrogens (tertiary/aromatic N) is 2. The van der Waals surface area contributed by atoms with Crippen LogP contribution in [0, 0.1) is 16.0 Å². The molecule has 2 fully saturated rings. The summed E-state index contributed by atoms with van der Waals surface area (Å²) in [6, 6.07) is 3.98. The van der Waals surface area contributed by atoms with Crippen LogP contribution < -0.4 is 10.1 Å². The van der Waals surface area contributed by atoms with Crippen molar-refractivity contribution in [2.45, 2.75) is 36.6 Å². The first-order chi connectivity index (χ1) is 11.9. The molecule has 1 aromatic carbocycles. The van der Waals surface area contributed by atoms with Gasteiger partial charge >= 0.3 is 0 Å². The average molecular weight is 369 g/mol. The molecule has 0 aromatic heterocycles. The second-order valence-electron chi connectivity index (χ2n) is 6.62. The van der Waals surface area contributed by atoms with Gasteiger partial charge in [-0.1, -0.05) is 0 Å². The molecule has 1 N–H and O–H groups in total. The summed E-state index contributed by atoms with van der Waals surface area (Å²) in [5.41, 5.74) is -0.264. The molecule has 3 rings (SSSR count). The third kappa shape index (κ3) is 4.10. The van der Waals surface area contributed by atoms with Crippen molar-refractivity contribution >= 4 is 15.7 Å². The number of rotatable bonds is 7. The third-order valence-electron chi connectivity index (χ3n) is 4.82. The van der Waals surface area contributed by atoms with Gasteiger partial charge in [0.05, 0.1) is 12.0 Å². The number of hydrogen-bond acceptors (Lipinski definition) is 6. The molecule has 2 aliphatic rings. The van der Waals surface area contributed by atoms with Gasteiger partial charge in [0, 0.05) is 31.3 Å². The second kappa shape index (κ2) is 7.27. The number of sulfonamides is 1. The fourth-order valence-corrected chi connectivity index (χ4v) is 4.72. The van der Waals surface area contributed by atoms with Crippen LogP contribution in [0.5, 0.6) is 5.75 Å². The van der Waals surface area contributed by atoms with E-state index in [9.17, 15) is 18.5 Å². The fraction of sp³-hybridized carbons (Fsp3) is 0.625. The zero-order chi connectivity index (χ0) is 18.0. The van der Waals surface area contributed by atoms with Gasteiger partial charge in [0.25, 0.3) is 5.69 Å². The van der Waals surface area contributed by atoms with Gasteiger partial charge < -0.3 is 10.1 Å². The summed E-state index contributed by atoms with van der Waals surface area (Å²) in [5.74, 6) is 0.912. The zero-order valence-electron chi connectivity index (χ0n) is 14.2. The summed E-state index contributed by atoms with van der Waals surface area (Å²) >= 11 is 0. The first-order valence-corrected chi connectivity index (χ1v) is 9.92. The maximum absolute atomic E-state index is 12.9. The predicted octanol–water partition coefficient (Wildman–Crippen LogP) is 1.76. The van der Waals surface area contributed by atoms with E-state index >= 15 is 0 Å². The van der Waals surface area contributed by atoms with Crippen molar-refractivity contribution in [1.29, 1.82) is 0 Å². The van der Waals surface area contributed by atoms with E-state index in [0.717, 1.165) is 31.4 Å². The Morgan fingerprint density at radius 2 is 1.96 bits per heavy atom. The molecule has 0 spiro atoms. The van der Waals surface area contributed by atoms with E-state index in [4.69, 9.17) is 4.74 Å². The normalized spacial score (nSPS) is 19.7. The lowest BCUT2D eigenvalue weighted by molar-refractivity contribution is -0.385. The Morgan fingerprint density at radius 1 is 1.28 bits per heavy atom. The molecule has 9 heteroatoms. The molecule has 138 valence electrons. The third-order valence-corrected chi connectivity index (χ3v) is 6.74. The number of ether oxygens (including phenoxy) is 1. The quantitative estimate of drug-likeness (QED) is 0.580. The van der Waals surface area contributed by atoms with Gasteiger partial charge in [-0.05, 0) is 44.2 Å². The molecule has 0 radical (unpaired) electrons. The van der Waals surface area contributed by atoms with Gasteiger partial charge in [-0.25, -0.2) is 8.42 Å². The van der Waals surface area contributed by atoms with Crippen molar-refractivity contribution in [3.63, 3.8) is 0 Å². The molecular weight excluding hydrogens is 346 g/mol. The van der Waals surface area contributed by atoms with Crippen LogP contribution in [0.25, 0.3) is 0 Å². The number of nitro benzene ring substituents is 1. The van der Waals surface area contributed by atoms with Gasteiger partial charge in [0.15, 0.2) is 0 Å². The molecular formula is C16H23N3O5S. The Labute approximate surface area is 147 Å². The molecule has 0 atom stereocenters. The minimum atomic E-state index is -3.83. The minimum absolute atomic E-state index is 0.125. The number of methoxy groups -OCH3 is 1. The lowest BCUT2D eigenvalue weighted by Crippen LogP contribution is -2.45. The number of non-ortho nitro benzene ring substituents is 1. The van der Waals surface area contributed by atoms with E-state index in [1.54, 1.807) is 0 Å². The van der Waals surface area contributed by atoms with E-state index in [1.807, 2.05) is 0 Å². The van der Waals surface area contributed by atoms with Crippen LogP contribution in [0.3, 0.4) is 0 Å². The molecule has 0 bridgehead atoms. The molecule has 1 aromatic rings. The van der Waals surface area contributed by atoms with E-state index in [0.29, 0.717) is 19.1 Å². The summed E-state index contributed by atoms with van der Waals surface area (Å²) in [6.07, 6.45) is 4.05. The van der Waals surface area contributed by atoms with Gasteiger partial charge in [-0.15, -0.1) is 0 Å². The van der Waals surface area contributed by atoms with Gasteiger partial charge in [-0.3, -0.25) is 10.1 Å². The maximum Gasteiger partial charge on any atom is 0.271 e. The van der Waals surface area contributed by atoms with Crippen LogP contribution in [-0.2, 0) is 10.0 Å². The average Bonchev–Trinajstić information content (AvgIpc) is 3.44. The number of nitro groups is 1. The summed E-state index contributed by atoms with van der Waals surface area (Å²) in [7, 11) is -2.47. The van der Waals surface area contributed by atoms with Crippen LogP contribution in [-0.4, -0.2) is 50.4 Å². The summed E-state index contributed by atoms with van der Waals surface area (Å²) in [6.45, 7) is 1.81. The molecule has 0 unspecified atom stereocenters. The topological polar surface area (TPSA) is 102 Å². The van der Waals surface area contributed by atoms with Crippen molar-refractivity contribution in [2.75, 3.05) is 26.7 Å². The highest BCUT2D eigenvalue weighted by atomic mass is 32.2. The first kappa shape index (κ1) is 18.1. The Kier molecular flexibility index (Phi) is 5.26. The van der Waals surface area contributed by atoms with Crippen molar-refractivity contribution in [2.24, 2.45) is 5.92 Å². The van der Waals surface area contributed by atoms with Gasteiger partial charge in [-0.2, -0.15) is 4.31 Å². The number of hydrogen-bond donors (Lipinski definition) is 1. The van der Waals surface area contributed by atoms with Crippen LogP contribution in [0.15, 0.2) is 23.1 Å². The lowest BCUT2D eigenvalue weighted by atomic mass is 10.1. The molecule has 1 aliphatic heterocycles. The summed E-state index contributed by atoms with van der Waals surface area (Å²) in [5, 5.41) is 14.5. The Bertz CT molecular complexity index is 740. The fourth-order valence-electron chi connectivity index (χ4n) is 3.08. The molecule has 1 aliphatic carbocycles.